The first kappa shape index (κ1) is 36.6. The van der Waals surface area contributed by atoms with Crippen LogP contribution in [-0.4, -0.2) is 59.5 Å². The second-order valence-electron chi connectivity index (χ2n) is 14.3. The van der Waals surface area contributed by atoms with Crippen molar-refractivity contribution in [2.45, 2.75) is 88.0 Å². The van der Waals surface area contributed by atoms with Crippen molar-refractivity contribution >= 4 is 23.5 Å². The molecule has 3 aromatic carbocycles. The summed E-state index contributed by atoms with van der Waals surface area (Å²) in [4.78, 5) is 39.7. The number of amides is 2. The normalized spacial score (nSPS) is 21.3. The van der Waals surface area contributed by atoms with Crippen molar-refractivity contribution in [2.75, 3.05) is 24.7 Å². The van der Waals surface area contributed by atoms with Crippen molar-refractivity contribution in [3.05, 3.63) is 101 Å². The van der Waals surface area contributed by atoms with E-state index in [4.69, 9.17) is 9.47 Å². The number of nitrogens with zero attached hydrogens (tertiary/aromatic N) is 1. The zero-order valence-corrected chi connectivity index (χ0v) is 28.6. The van der Waals surface area contributed by atoms with Gasteiger partial charge in [0.25, 0.3) is 0 Å². The van der Waals surface area contributed by atoms with Gasteiger partial charge in [-0.15, -0.1) is 0 Å². The average Bonchev–Trinajstić information content (AvgIpc) is 3.11. The molecule has 11 heteroatoms. The van der Waals surface area contributed by atoms with Gasteiger partial charge in [-0.3, -0.25) is 9.59 Å². The van der Waals surface area contributed by atoms with Crippen LogP contribution in [0, 0.1) is 23.5 Å². The van der Waals surface area contributed by atoms with Crippen molar-refractivity contribution < 1.29 is 42.9 Å². The lowest BCUT2D eigenvalue weighted by Crippen LogP contribution is -2.55. The predicted octanol–water partition coefficient (Wildman–Crippen LogP) is 6.44. The molecule has 1 saturated carbocycles. The molecule has 2 aliphatic heterocycles. The van der Waals surface area contributed by atoms with Gasteiger partial charge >= 0.3 is 5.97 Å². The Balaban J connectivity index is 1.06. The molecule has 1 aliphatic carbocycles. The summed E-state index contributed by atoms with van der Waals surface area (Å²) in [5.74, 6) is -2.48. The van der Waals surface area contributed by atoms with E-state index in [0.29, 0.717) is 62.5 Å². The Labute approximate surface area is 296 Å². The highest BCUT2D eigenvalue weighted by Gasteiger charge is 2.48. The van der Waals surface area contributed by atoms with Crippen molar-refractivity contribution in [2.24, 2.45) is 11.8 Å². The number of carbonyl (C=O) groups is 3. The van der Waals surface area contributed by atoms with Crippen LogP contribution in [-0.2, 0) is 30.3 Å². The number of hydrogen-bond donors (Lipinski definition) is 3. The maximum Gasteiger partial charge on any atom is 0.326 e. The van der Waals surface area contributed by atoms with Crippen LogP contribution in [0.5, 0.6) is 0 Å². The topological polar surface area (TPSA) is 125 Å². The SMILES string of the molecule is O=C(COC1(CCc2ccc(C3C(CCC(O)c4ccc(F)cc4)C(=O)N3c3ccc(F)cc3)cc2)COC1)NC(CC1CCCCC1)C(=O)O. The molecular weight excluding hydrogens is 658 g/mol. The Morgan fingerprint density at radius 2 is 1.59 bits per heavy atom. The number of carboxylic acid groups (broad SMARTS) is 1. The van der Waals surface area contributed by atoms with Crippen LogP contribution in [0.25, 0.3) is 0 Å². The largest absolute Gasteiger partial charge is 0.480 e. The van der Waals surface area contributed by atoms with Gasteiger partial charge in [-0.05, 0) is 91.1 Å². The van der Waals surface area contributed by atoms with Crippen LogP contribution in [0.1, 0.15) is 86.6 Å². The fourth-order valence-corrected chi connectivity index (χ4v) is 7.61. The van der Waals surface area contributed by atoms with Crippen molar-refractivity contribution in [1.82, 2.24) is 5.32 Å². The minimum Gasteiger partial charge on any atom is -0.480 e. The van der Waals surface area contributed by atoms with E-state index in [0.717, 1.165) is 36.8 Å². The van der Waals surface area contributed by atoms with Gasteiger partial charge in [-0.2, -0.15) is 0 Å². The number of β-lactam (4-membered cyclic amide) rings is 1. The minimum atomic E-state index is -1.03. The number of carbonyl (C=O) groups excluding carboxylic acids is 2. The molecule has 2 saturated heterocycles. The fourth-order valence-electron chi connectivity index (χ4n) is 7.61. The van der Waals surface area contributed by atoms with E-state index in [2.05, 4.69) is 5.32 Å². The van der Waals surface area contributed by atoms with E-state index in [9.17, 15) is 33.4 Å². The zero-order chi connectivity index (χ0) is 36.0. The van der Waals surface area contributed by atoms with Gasteiger partial charge < -0.3 is 29.9 Å². The summed E-state index contributed by atoms with van der Waals surface area (Å²) in [5.41, 5.74) is 2.45. The first-order valence-corrected chi connectivity index (χ1v) is 18.0. The van der Waals surface area contributed by atoms with Gasteiger partial charge in [0.15, 0.2) is 0 Å². The molecule has 0 aromatic heterocycles. The van der Waals surface area contributed by atoms with E-state index in [-0.39, 0.29) is 24.4 Å². The zero-order valence-electron chi connectivity index (χ0n) is 28.6. The van der Waals surface area contributed by atoms with Crippen LogP contribution in [0.4, 0.5) is 14.5 Å². The Morgan fingerprint density at radius 1 is 0.941 bits per heavy atom. The molecule has 6 rings (SSSR count). The van der Waals surface area contributed by atoms with Crippen LogP contribution >= 0.6 is 0 Å². The summed E-state index contributed by atoms with van der Waals surface area (Å²) in [5, 5.41) is 23.1. The van der Waals surface area contributed by atoms with Crippen molar-refractivity contribution in [3.63, 3.8) is 0 Å². The molecule has 9 nitrogen and oxygen atoms in total. The Kier molecular flexibility index (Phi) is 11.8. The lowest BCUT2D eigenvalue weighted by molar-refractivity contribution is -0.212. The van der Waals surface area contributed by atoms with Crippen LogP contribution < -0.4 is 10.2 Å². The van der Waals surface area contributed by atoms with Gasteiger partial charge in [0, 0.05) is 5.69 Å². The molecule has 3 N–H and O–H groups in total. The average molecular weight is 705 g/mol. The highest BCUT2D eigenvalue weighted by atomic mass is 19.1. The van der Waals surface area contributed by atoms with Gasteiger partial charge in [0.05, 0.1) is 31.3 Å². The van der Waals surface area contributed by atoms with Crippen molar-refractivity contribution in [1.29, 1.82) is 0 Å². The van der Waals surface area contributed by atoms with Crippen LogP contribution in [0.3, 0.4) is 0 Å². The molecule has 0 spiro atoms. The number of ether oxygens (including phenoxy) is 2. The highest BCUT2D eigenvalue weighted by molar-refractivity contribution is 6.03. The summed E-state index contributed by atoms with van der Waals surface area (Å²) < 4.78 is 38.6. The Bertz CT molecular complexity index is 1640. The number of aliphatic hydroxyl groups excluding tert-OH is 1. The Hall–Kier alpha value is -4.19. The number of rotatable bonds is 16. The van der Waals surface area contributed by atoms with E-state index >= 15 is 0 Å². The third-order valence-electron chi connectivity index (χ3n) is 10.7. The molecule has 2 amide bonds. The number of aryl methyl sites for hydroxylation is 1. The first-order valence-electron chi connectivity index (χ1n) is 18.0. The first-order chi connectivity index (χ1) is 24.6. The maximum atomic E-state index is 13.7. The van der Waals surface area contributed by atoms with Gasteiger partial charge in [-0.25, -0.2) is 13.6 Å². The molecule has 3 fully saturated rings. The standard InChI is InChI=1S/C40H46F2N2O7/c41-30-12-10-28(11-13-30)35(45)19-18-33-37(44(38(33)47)32-16-14-31(42)15-17-32)29-8-6-26(7-9-29)20-21-40(24-50-25-40)51-23-36(46)43-34(39(48)49)22-27-4-2-1-3-5-27/h6-17,27,33-35,37,45H,1-5,18-25H2,(H,43,46)(H,48,49). The van der Waals surface area contributed by atoms with E-state index < -0.39 is 41.4 Å². The summed E-state index contributed by atoms with van der Waals surface area (Å²) in [6, 6.07) is 18.2. The number of anilines is 1. The number of halogens is 2. The highest BCUT2D eigenvalue weighted by Crippen LogP contribution is 2.46. The molecule has 3 aliphatic rings. The number of aliphatic carboxylic acids is 1. The third kappa shape index (κ3) is 9.01. The molecular formula is C40H46F2N2O7. The van der Waals surface area contributed by atoms with Crippen LogP contribution in [0.15, 0.2) is 72.8 Å². The van der Waals surface area contributed by atoms with Gasteiger partial charge in [0.2, 0.25) is 11.8 Å². The second kappa shape index (κ2) is 16.4. The third-order valence-corrected chi connectivity index (χ3v) is 10.7. The van der Waals surface area contributed by atoms with Crippen molar-refractivity contribution in [3.8, 4) is 0 Å². The number of nitrogens with one attached hydrogen (secondary N) is 1. The maximum absolute atomic E-state index is 13.7. The van der Waals surface area contributed by atoms with Gasteiger partial charge in [-0.1, -0.05) is 68.5 Å². The summed E-state index contributed by atoms with van der Waals surface area (Å²) in [7, 11) is 0. The summed E-state index contributed by atoms with van der Waals surface area (Å²) in [6.07, 6.45) is 6.89. The molecule has 272 valence electrons. The molecule has 4 unspecified atom stereocenters. The van der Waals surface area contributed by atoms with E-state index in [1.54, 1.807) is 17.0 Å². The molecule has 2 heterocycles. The number of hydrogen-bond acceptors (Lipinski definition) is 6. The van der Waals surface area contributed by atoms with E-state index in [1.165, 1.54) is 42.8 Å². The molecule has 0 bridgehead atoms. The number of carboxylic acids is 1. The molecule has 3 aromatic rings. The number of aliphatic hydroxyl groups is 1. The lowest BCUT2D eigenvalue weighted by atomic mass is 9.78. The van der Waals surface area contributed by atoms with E-state index in [1.807, 2.05) is 24.3 Å². The summed E-state index contributed by atoms with van der Waals surface area (Å²) >= 11 is 0. The predicted molar refractivity (Wildman–Crippen MR) is 186 cm³/mol. The van der Waals surface area contributed by atoms with Gasteiger partial charge in [0.1, 0.15) is 29.9 Å². The molecule has 0 radical (unpaired) electrons. The lowest BCUT2D eigenvalue weighted by Gasteiger charge is -2.48. The number of benzene rings is 3. The monoisotopic (exact) mass is 704 g/mol. The minimum absolute atomic E-state index is 0.112. The molecule has 4 atom stereocenters. The quantitative estimate of drug-likeness (QED) is 0.147. The Morgan fingerprint density at radius 3 is 2.20 bits per heavy atom. The second-order valence-corrected chi connectivity index (χ2v) is 14.3. The molecule has 51 heavy (non-hydrogen) atoms. The van der Waals surface area contributed by atoms with Crippen LogP contribution in [0.2, 0.25) is 0 Å². The summed E-state index contributed by atoms with van der Waals surface area (Å²) in [6.45, 7) is 0.430. The fraction of sp³-hybridized carbons (Fsp3) is 0.475. The smallest absolute Gasteiger partial charge is 0.326 e.